The molecule has 1 rings (SSSR count). The summed E-state index contributed by atoms with van der Waals surface area (Å²) in [6.45, 7) is 0. The summed E-state index contributed by atoms with van der Waals surface area (Å²) in [4.78, 5) is 10.9. The highest BCUT2D eigenvalue weighted by molar-refractivity contribution is 5.76. The summed E-state index contributed by atoms with van der Waals surface area (Å²) in [6, 6.07) is 3.79. The second-order valence-electron chi connectivity index (χ2n) is 2.82. The van der Waals surface area contributed by atoms with E-state index in [1.165, 1.54) is 25.3 Å². The average molecular weight is 214 g/mol. The molecule has 1 aromatic carbocycles. The highest BCUT2D eigenvalue weighted by atomic mass is 19.1. The summed E-state index contributed by atoms with van der Waals surface area (Å²) < 4.78 is 22.4. The van der Waals surface area contributed by atoms with Crippen LogP contribution in [0.3, 0.4) is 0 Å². The summed E-state index contributed by atoms with van der Waals surface area (Å²) >= 11 is 0. The number of aromatic hydroxyl groups is 1. The number of methoxy groups -OCH3 is 2. The van der Waals surface area contributed by atoms with Gasteiger partial charge in [0.15, 0.2) is 11.5 Å². The Morgan fingerprint density at radius 1 is 1.47 bits per heavy atom. The number of alkyl halides is 1. The SMILES string of the molecule is COC(=O)C(F)c1ccc(O)c(OC)c1. The lowest BCUT2D eigenvalue weighted by molar-refractivity contribution is -0.146. The molecule has 1 unspecified atom stereocenters. The number of phenols is 1. The van der Waals surface area contributed by atoms with E-state index in [1.54, 1.807) is 0 Å². The van der Waals surface area contributed by atoms with E-state index in [-0.39, 0.29) is 17.1 Å². The number of hydrogen-bond acceptors (Lipinski definition) is 4. The minimum absolute atomic E-state index is 0.0801. The van der Waals surface area contributed by atoms with Gasteiger partial charge in [-0.3, -0.25) is 0 Å². The van der Waals surface area contributed by atoms with E-state index < -0.39 is 12.1 Å². The van der Waals surface area contributed by atoms with Crippen molar-refractivity contribution in [2.24, 2.45) is 0 Å². The number of benzene rings is 1. The van der Waals surface area contributed by atoms with E-state index in [9.17, 15) is 14.3 Å². The maximum atomic E-state index is 13.4. The van der Waals surface area contributed by atoms with E-state index in [1.807, 2.05) is 0 Å². The van der Waals surface area contributed by atoms with Crippen LogP contribution in [0.1, 0.15) is 11.7 Å². The fourth-order valence-corrected chi connectivity index (χ4v) is 1.09. The Kier molecular flexibility index (Phi) is 3.49. The Hall–Kier alpha value is -1.78. The number of esters is 1. The van der Waals surface area contributed by atoms with Gasteiger partial charge in [0.2, 0.25) is 6.17 Å². The first-order chi connectivity index (χ1) is 7.10. The third kappa shape index (κ3) is 2.37. The van der Waals surface area contributed by atoms with Gasteiger partial charge in [-0.2, -0.15) is 0 Å². The highest BCUT2D eigenvalue weighted by Crippen LogP contribution is 2.30. The van der Waals surface area contributed by atoms with Crippen LogP contribution in [0, 0.1) is 0 Å². The van der Waals surface area contributed by atoms with Gasteiger partial charge in [0, 0.05) is 5.56 Å². The maximum Gasteiger partial charge on any atom is 0.345 e. The molecule has 0 fully saturated rings. The first-order valence-corrected chi connectivity index (χ1v) is 4.19. The standard InChI is InChI=1S/C10H11FO4/c1-14-8-5-6(3-4-7(8)12)9(11)10(13)15-2/h3-5,9,12H,1-2H3. The van der Waals surface area contributed by atoms with Crippen molar-refractivity contribution in [3.63, 3.8) is 0 Å². The number of ether oxygens (including phenoxy) is 2. The Morgan fingerprint density at radius 2 is 2.13 bits per heavy atom. The molecule has 4 nitrogen and oxygen atoms in total. The van der Waals surface area contributed by atoms with Crippen molar-refractivity contribution in [2.45, 2.75) is 6.17 Å². The summed E-state index contributed by atoms with van der Waals surface area (Å²) in [7, 11) is 2.44. The highest BCUT2D eigenvalue weighted by Gasteiger charge is 2.21. The minimum atomic E-state index is -1.87. The smallest absolute Gasteiger partial charge is 0.345 e. The van der Waals surface area contributed by atoms with Gasteiger partial charge in [0.05, 0.1) is 14.2 Å². The van der Waals surface area contributed by atoms with E-state index in [2.05, 4.69) is 4.74 Å². The zero-order chi connectivity index (χ0) is 11.4. The lowest BCUT2D eigenvalue weighted by Gasteiger charge is -2.09. The van der Waals surface area contributed by atoms with Gasteiger partial charge in [-0.15, -0.1) is 0 Å². The van der Waals surface area contributed by atoms with Crippen LogP contribution in [-0.4, -0.2) is 25.3 Å². The number of phenolic OH excluding ortho intramolecular Hbond substituents is 1. The second kappa shape index (κ2) is 4.63. The zero-order valence-electron chi connectivity index (χ0n) is 8.36. The number of hydrogen-bond donors (Lipinski definition) is 1. The molecule has 0 amide bonds. The van der Waals surface area contributed by atoms with E-state index in [0.29, 0.717) is 0 Å². The van der Waals surface area contributed by atoms with Crippen LogP contribution in [0.4, 0.5) is 4.39 Å². The summed E-state index contributed by atoms with van der Waals surface area (Å²) in [5, 5.41) is 9.25. The van der Waals surface area contributed by atoms with Gasteiger partial charge in [-0.05, 0) is 12.1 Å². The van der Waals surface area contributed by atoms with E-state index in [0.717, 1.165) is 7.11 Å². The number of carbonyl (C=O) groups excluding carboxylic acids is 1. The first kappa shape index (κ1) is 11.3. The molecule has 1 N–H and O–H groups in total. The molecular formula is C10H11FO4. The fraction of sp³-hybridized carbons (Fsp3) is 0.300. The second-order valence-corrected chi connectivity index (χ2v) is 2.82. The van der Waals surface area contributed by atoms with Crippen LogP contribution in [0.5, 0.6) is 11.5 Å². The van der Waals surface area contributed by atoms with Crippen LogP contribution in [0.2, 0.25) is 0 Å². The quantitative estimate of drug-likeness (QED) is 0.776. The first-order valence-electron chi connectivity index (χ1n) is 4.19. The summed E-state index contributed by atoms with van der Waals surface area (Å²) in [5.74, 6) is -0.986. The molecular weight excluding hydrogens is 203 g/mol. The van der Waals surface area contributed by atoms with Gasteiger partial charge in [-0.25, -0.2) is 9.18 Å². The van der Waals surface area contributed by atoms with Crippen molar-refractivity contribution in [2.75, 3.05) is 14.2 Å². The van der Waals surface area contributed by atoms with Crippen LogP contribution >= 0.6 is 0 Å². The lowest BCUT2D eigenvalue weighted by atomic mass is 10.1. The summed E-state index contributed by atoms with van der Waals surface area (Å²) in [5.41, 5.74) is 0.0801. The lowest BCUT2D eigenvalue weighted by Crippen LogP contribution is -2.09. The molecule has 0 aliphatic carbocycles. The molecule has 0 spiro atoms. The van der Waals surface area contributed by atoms with Crippen LogP contribution < -0.4 is 4.74 Å². The van der Waals surface area contributed by atoms with Crippen molar-refractivity contribution in [1.82, 2.24) is 0 Å². The van der Waals surface area contributed by atoms with Gasteiger partial charge in [0.25, 0.3) is 0 Å². The Labute approximate surface area is 86.2 Å². The number of halogens is 1. The molecule has 15 heavy (non-hydrogen) atoms. The average Bonchev–Trinajstić information content (AvgIpc) is 2.27. The molecule has 0 bridgehead atoms. The predicted molar refractivity (Wildman–Crippen MR) is 50.5 cm³/mol. The number of rotatable bonds is 3. The molecule has 82 valence electrons. The van der Waals surface area contributed by atoms with Crippen LogP contribution in [0.15, 0.2) is 18.2 Å². The van der Waals surface area contributed by atoms with E-state index in [4.69, 9.17) is 4.74 Å². The van der Waals surface area contributed by atoms with Crippen LogP contribution in [0.25, 0.3) is 0 Å². The summed E-state index contributed by atoms with van der Waals surface area (Å²) in [6.07, 6.45) is -1.87. The van der Waals surface area contributed by atoms with Gasteiger partial charge in [0.1, 0.15) is 0 Å². The molecule has 0 aliphatic rings. The molecule has 1 aromatic rings. The molecule has 1 atom stereocenters. The van der Waals surface area contributed by atoms with Crippen molar-refractivity contribution < 1.29 is 23.8 Å². The topological polar surface area (TPSA) is 55.8 Å². The Bertz CT molecular complexity index is 364. The zero-order valence-corrected chi connectivity index (χ0v) is 8.36. The van der Waals surface area contributed by atoms with Gasteiger partial charge >= 0.3 is 5.97 Å². The molecule has 0 aliphatic heterocycles. The Morgan fingerprint density at radius 3 is 2.67 bits per heavy atom. The normalized spacial score (nSPS) is 11.9. The van der Waals surface area contributed by atoms with Crippen molar-refractivity contribution >= 4 is 5.97 Å². The molecule has 0 heterocycles. The van der Waals surface area contributed by atoms with Gasteiger partial charge in [-0.1, -0.05) is 6.07 Å². The number of carbonyl (C=O) groups is 1. The molecule has 0 aromatic heterocycles. The third-order valence-corrected chi connectivity index (χ3v) is 1.90. The molecule has 0 radical (unpaired) electrons. The van der Waals surface area contributed by atoms with Crippen molar-refractivity contribution in [3.8, 4) is 11.5 Å². The predicted octanol–water partition coefficient (Wildman–Crippen LogP) is 1.58. The van der Waals surface area contributed by atoms with Crippen molar-refractivity contribution in [1.29, 1.82) is 0 Å². The third-order valence-electron chi connectivity index (χ3n) is 1.90. The molecule has 0 saturated heterocycles. The monoisotopic (exact) mass is 214 g/mol. The minimum Gasteiger partial charge on any atom is -0.504 e. The van der Waals surface area contributed by atoms with Crippen LogP contribution in [-0.2, 0) is 9.53 Å². The van der Waals surface area contributed by atoms with E-state index >= 15 is 0 Å². The Balaban J connectivity index is 3.00. The fourth-order valence-electron chi connectivity index (χ4n) is 1.09. The van der Waals surface area contributed by atoms with Crippen molar-refractivity contribution in [3.05, 3.63) is 23.8 Å². The molecule has 5 heteroatoms. The maximum absolute atomic E-state index is 13.4. The molecule has 0 saturated carbocycles. The van der Waals surface area contributed by atoms with Gasteiger partial charge < -0.3 is 14.6 Å². The largest absolute Gasteiger partial charge is 0.504 e.